The van der Waals surface area contributed by atoms with Gasteiger partial charge in [-0.1, -0.05) is 26.7 Å². The van der Waals surface area contributed by atoms with Gasteiger partial charge >= 0.3 is 0 Å². The predicted molar refractivity (Wildman–Crippen MR) is 78.3 cm³/mol. The number of carbonyl (C=O) groups is 1. The molecule has 1 saturated carbocycles. The fourth-order valence-corrected chi connectivity index (χ4v) is 3.78. The van der Waals surface area contributed by atoms with Crippen LogP contribution >= 0.6 is 0 Å². The van der Waals surface area contributed by atoms with Crippen molar-refractivity contribution in [1.29, 1.82) is 0 Å². The first-order valence-corrected chi connectivity index (χ1v) is 8.00. The Morgan fingerprint density at radius 3 is 2.50 bits per heavy atom. The molecular formula is C16H29NO3. The van der Waals surface area contributed by atoms with E-state index in [-0.39, 0.29) is 17.4 Å². The van der Waals surface area contributed by atoms with Gasteiger partial charge in [0.25, 0.3) is 0 Å². The standard InChI is InChI=1S/C16H29NO3/c1-12(2)10-15(6-4-5-7-15)14(18)17-11-16(19)8-9-20-13(16)3/h12-13,19H,4-11H2,1-3H3,(H,17,18). The van der Waals surface area contributed by atoms with Gasteiger partial charge in [-0.3, -0.25) is 4.79 Å². The predicted octanol–water partition coefficient (Wildman–Crippen LogP) is 2.25. The first kappa shape index (κ1) is 15.8. The molecule has 2 rings (SSSR count). The number of aliphatic hydroxyl groups is 1. The fourth-order valence-electron chi connectivity index (χ4n) is 3.78. The SMILES string of the molecule is CC(C)CC1(C(=O)NCC2(O)CCOC2C)CCCC1. The van der Waals surface area contributed by atoms with Crippen LogP contribution in [0.25, 0.3) is 0 Å². The van der Waals surface area contributed by atoms with Crippen LogP contribution in [-0.2, 0) is 9.53 Å². The molecule has 0 aromatic rings. The number of ether oxygens (including phenoxy) is 1. The summed E-state index contributed by atoms with van der Waals surface area (Å²) in [5.74, 6) is 0.659. The van der Waals surface area contributed by atoms with E-state index in [1.807, 2.05) is 6.92 Å². The van der Waals surface area contributed by atoms with E-state index in [0.29, 0.717) is 25.5 Å². The summed E-state index contributed by atoms with van der Waals surface area (Å²) >= 11 is 0. The van der Waals surface area contributed by atoms with Crippen LogP contribution in [-0.4, -0.2) is 35.9 Å². The van der Waals surface area contributed by atoms with Crippen molar-refractivity contribution in [2.45, 2.75) is 71.0 Å². The molecule has 4 nitrogen and oxygen atoms in total. The van der Waals surface area contributed by atoms with Crippen molar-refractivity contribution in [1.82, 2.24) is 5.32 Å². The molecule has 1 heterocycles. The molecule has 4 heteroatoms. The van der Waals surface area contributed by atoms with Crippen LogP contribution in [0.3, 0.4) is 0 Å². The van der Waals surface area contributed by atoms with Crippen LogP contribution in [0.1, 0.15) is 59.3 Å². The molecule has 2 N–H and O–H groups in total. The first-order chi connectivity index (χ1) is 9.38. The molecule has 0 bridgehead atoms. The van der Waals surface area contributed by atoms with Crippen molar-refractivity contribution in [3.63, 3.8) is 0 Å². The van der Waals surface area contributed by atoms with E-state index in [9.17, 15) is 9.90 Å². The number of hydrogen-bond donors (Lipinski definition) is 2. The smallest absolute Gasteiger partial charge is 0.226 e. The second kappa shape index (κ2) is 6.02. The molecule has 116 valence electrons. The monoisotopic (exact) mass is 283 g/mol. The molecule has 0 aromatic carbocycles. The van der Waals surface area contributed by atoms with E-state index < -0.39 is 5.60 Å². The highest BCUT2D eigenvalue weighted by atomic mass is 16.5. The van der Waals surface area contributed by atoms with Crippen molar-refractivity contribution in [3.05, 3.63) is 0 Å². The van der Waals surface area contributed by atoms with Crippen molar-refractivity contribution < 1.29 is 14.6 Å². The highest BCUT2D eigenvalue weighted by molar-refractivity contribution is 5.83. The van der Waals surface area contributed by atoms with Gasteiger partial charge in [0.1, 0.15) is 5.60 Å². The second-order valence-electron chi connectivity index (χ2n) is 7.13. The Balaban J connectivity index is 1.95. The average Bonchev–Trinajstić information content (AvgIpc) is 2.96. The summed E-state index contributed by atoms with van der Waals surface area (Å²) in [6.45, 7) is 7.11. The molecule has 0 radical (unpaired) electrons. The minimum atomic E-state index is -0.896. The van der Waals surface area contributed by atoms with Gasteiger partial charge in [-0.05, 0) is 32.1 Å². The normalized spacial score (nSPS) is 32.8. The molecule has 2 unspecified atom stereocenters. The van der Waals surface area contributed by atoms with E-state index in [1.54, 1.807) is 0 Å². The minimum Gasteiger partial charge on any atom is -0.385 e. The number of amides is 1. The molecule has 1 aliphatic carbocycles. The van der Waals surface area contributed by atoms with Crippen LogP contribution in [0.5, 0.6) is 0 Å². The maximum atomic E-state index is 12.6. The summed E-state index contributed by atoms with van der Waals surface area (Å²) in [6.07, 6.45) is 5.61. The fraction of sp³-hybridized carbons (Fsp3) is 0.938. The van der Waals surface area contributed by atoms with Gasteiger partial charge in [-0.25, -0.2) is 0 Å². The van der Waals surface area contributed by atoms with Gasteiger partial charge in [0.05, 0.1) is 6.10 Å². The zero-order chi connectivity index (χ0) is 14.8. The quantitative estimate of drug-likeness (QED) is 0.813. The third kappa shape index (κ3) is 3.17. The van der Waals surface area contributed by atoms with Gasteiger partial charge < -0.3 is 15.2 Å². The average molecular weight is 283 g/mol. The molecular weight excluding hydrogens is 254 g/mol. The van der Waals surface area contributed by atoms with Crippen LogP contribution in [0, 0.1) is 11.3 Å². The molecule has 20 heavy (non-hydrogen) atoms. The second-order valence-corrected chi connectivity index (χ2v) is 7.13. The summed E-state index contributed by atoms with van der Waals surface area (Å²) < 4.78 is 5.41. The van der Waals surface area contributed by atoms with Crippen LogP contribution in [0.4, 0.5) is 0 Å². The summed E-state index contributed by atoms with van der Waals surface area (Å²) in [5, 5.41) is 13.5. The maximum Gasteiger partial charge on any atom is 0.226 e. The maximum absolute atomic E-state index is 12.6. The Hall–Kier alpha value is -0.610. The van der Waals surface area contributed by atoms with Gasteiger partial charge in [0.2, 0.25) is 5.91 Å². The van der Waals surface area contributed by atoms with Gasteiger partial charge in [-0.15, -0.1) is 0 Å². The summed E-state index contributed by atoms with van der Waals surface area (Å²) in [4.78, 5) is 12.6. The Bertz CT molecular complexity index is 350. The van der Waals surface area contributed by atoms with Crippen LogP contribution in [0.15, 0.2) is 0 Å². The third-order valence-corrected chi connectivity index (χ3v) is 5.06. The van der Waals surface area contributed by atoms with Crippen LogP contribution < -0.4 is 5.32 Å². The largest absolute Gasteiger partial charge is 0.385 e. The molecule has 1 amide bonds. The molecule has 1 aliphatic heterocycles. The van der Waals surface area contributed by atoms with Gasteiger partial charge in [0, 0.05) is 25.0 Å². The van der Waals surface area contributed by atoms with E-state index in [2.05, 4.69) is 19.2 Å². The van der Waals surface area contributed by atoms with Crippen molar-refractivity contribution in [3.8, 4) is 0 Å². The number of hydrogen-bond acceptors (Lipinski definition) is 3. The summed E-state index contributed by atoms with van der Waals surface area (Å²) in [5.41, 5.74) is -1.10. The lowest BCUT2D eigenvalue weighted by Crippen LogP contribution is -2.51. The Kier molecular flexibility index (Phi) is 4.75. The van der Waals surface area contributed by atoms with Gasteiger partial charge in [-0.2, -0.15) is 0 Å². The Morgan fingerprint density at radius 2 is 2.00 bits per heavy atom. The highest BCUT2D eigenvalue weighted by Gasteiger charge is 2.44. The zero-order valence-electron chi connectivity index (χ0n) is 13.1. The third-order valence-electron chi connectivity index (χ3n) is 5.06. The minimum absolute atomic E-state index is 0.135. The Labute approximate surface area is 122 Å². The molecule has 2 aliphatic rings. The lowest BCUT2D eigenvalue weighted by Gasteiger charge is -2.32. The highest BCUT2D eigenvalue weighted by Crippen LogP contribution is 2.43. The van der Waals surface area contributed by atoms with E-state index >= 15 is 0 Å². The lowest BCUT2D eigenvalue weighted by molar-refractivity contribution is -0.133. The van der Waals surface area contributed by atoms with Crippen LogP contribution in [0.2, 0.25) is 0 Å². The van der Waals surface area contributed by atoms with Crippen molar-refractivity contribution in [2.75, 3.05) is 13.2 Å². The molecule has 0 spiro atoms. The van der Waals surface area contributed by atoms with Gasteiger partial charge in [0.15, 0.2) is 0 Å². The topological polar surface area (TPSA) is 58.6 Å². The summed E-state index contributed by atoms with van der Waals surface area (Å²) in [6, 6.07) is 0. The molecule has 1 saturated heterocycles. The zero-order valence-corrected chi connectivity index (χ0v) is 13.1. The number of nitrogens with one attached hydrogen (secondary N) is 1. The summed E-state index contributed by atoms with van der Waals surface area (Å²) in [7, 11) is 0. The molecule has 2 fully saturated rings. The van der Waals surface area contributed by atoms with E-state index in [1.165, 1.54) is 0 Å². The van der Waals surface area contributed by atoms with Crippen molar-refractivity contribution in [2.24, 2.45) is 11.3 Å². The molecule has 0 aromatic heterocycles. The van der Waals surface area contributed by atoms with E-state index in [4.69, 9.17) is 4.74 Å². The molecule has 2 atom stereocenters. The number of rotatable bonds is 5. The first-order valence-electron chi connectivity index (χ1n) is 8.00. The van der Waals surface area contributed by atoms with E-state index in [0.717, 1.165) is 32.1 Å². The van der Waals surface area contributed by atoms with Crippen molar-refractivity contribution >= 4 is 5.91 Å². The number of carbonyl (C=O) groups excluding carboxylic acids is 1. The lowest BCUT2D eigenvalue weighted by atomic mass is 9.77. The Morgan fingerprint density at radius 1 is 1.35 bits per heavy atom.